The number of nitrogens with zero attached hydrogens (tertiary/aromatic N) is 1. The van der Waals surface area contributed by atoms with Crippen molar-refractivity contribution < 1.29 is 8.42 Å². The van der Waals surface area contributed by atoms with Crippen molar-refractivity contribution in [3.05, 3.63) is 58.1 Å². The van der Waals surface area contributed by atoms with Gasteiger partial charge in [0.1, 0.15) is 0 Å². The lowest BCUT2D eigenvalue weighted by molar-refractivity contribution is 0.466. The molecule has 0 radical (unpaired) electrons. The number of nitrogens with two attached hydrogens (primary N) is 1. The predicted molar refractivity (Wildman–Crippen MR) is 88.4 cm³/mol. The number of sulfonamides is 1. The summed E-state index contributed by atoms with van der Waals surface area (Å²) in [5.41, 5.74) is 8.26. The molecule has 2 aromatic rings. The molecule has 2 rings (SSSR count). The maximum absolute atomic E-state index is 12.5. The van der Waals surface area contributed by atoms with Crippen molar-refractivity contribution in [2.75, 3.05) is 12.8 Å². The number of anilines is 1. The molecule has 4 nitrogen and oxygen atoms in total. The molecule has 0 amide bonds. The van der Waals surface area contributed by atoms with E-state index in [2.05, 4.69) is 15.9 Å². The minimum absolute atomic E-state index is 0.221. The van der Waals surface area contributed by atoms with Gasteiger partial charge in [-0.3, -0.25) is 0 Å². The molecule has 0 unspecified atom stereocenters. The quantitative estimate of drug-likeness (QED) is 0.842. The Morgan fingerprint density at radius 1 is 1.19 bits per heavy atom. The monoisotopic (exact) mass is 368 g/mol. The number of hydrogen-bond acceptors (Lipinski definition) is 3. The topological polar surface area (TPSA) is 63.4 Å². The molecule has 0 aromatic heterocycles. The summed E-state index contributed by atoms with van der Waals surface area (Å²) in [4.78, 5) is 0.221. The number of aryl methyl sites for hydroxylation is 1. The number of hydrogen-bond donors (Lipinski definition) is 1. The molecule has 6 heteroatoms. The minimum atomic E-state index is -3.54. The number of nitrogen functional groups attached to an aromatic ring is 1. The molecule has 0 saturated carbocycles. The van der Waals surface area contributed by atoms with Crippen LogP contribution in [0.4, 0.5) is 5.69 Å². The Morgan fingerprint density at radius 3 is 2.52 bits per heavy atom. The zero-order valence-corrected chi connectivity index (χ0v) is 14.3. The van der Waals surface area contributed by atoms with Crippen LogP contribution in [0.15, 0.2) is 51.8 Å². The highest BCUT2D eigenvalue weighted by Gasteiger charge is 2.21. The van der Waals surface area contributed by atoms with Gasteiger partial charge in [0.05, 0.1) is 4.90 Å². The van der Waals surface area contributed by atoms with Crippen LogP contribution in [0.25, 0.3) is 0 Å². The van der Waals surface area contributed by atoms with Gasteiger partial charge in [-0.05, 0) is 46.6 Å². The van der Waals surface area contributed by atoms with Crippen molar-refractivity contribution in [3.8, 4) is 0 Å². The van der Waals surface area contributed by atoms with Gasteiger partial charge >= 0.3 is 0 Å². The molecule has 0 aliphatic carbocycles. The van der Waals surface area contributed by atoms with Crippen LogP contribution < -0.4 is 5.73 Å². The fourth-order valence-electron chi connectivity index (χ4n) is 2.00. The third-order valence-electron chi connectivity index (χ3n) is 3.17. The Kier molecular flexibility index (Phi) is 4.70. The van der Waals surface area contributed by atoms with E-state index in [1.54, 1.807) is 13.1 Å². The Hall–Kier alpha value is -1.37. The molecule has 0 atom stereocenters. The summed E-state index contributed by atoms with van der Waals surface area (Å²) in [6.07, 6.45) is 0. The molecule has 0 aliphatic rings. The number of benzene rings is 2. The van der Waals surface area contributed by atoms with E-state index < -0.39 is 10.0 Å². The van der Waals surface area contributed by atoms with Crippen LogP contribution in [0.2, 0.25) is 0 Å². The maximum Gasteiger partial charge on any atom is 0.243 e. The van der Waals surface area contributed by atoms with Gasteiger partial charge in [0.25, 0.3) is 0 Å². The fourth-order valence-corrected chi connectivity index (χ4v) is 3.72. The maximum atomic E-state index is 12.5. The Morgan fingerprint density at radius 2 is 1.90 bits per heavy atom. The average molecular weight is 369 g/mol. The van der Waals surface area contributed by atoms with Gasteiger partial charge in [-0.1, -0.05) is 29.8 Å². The van der Waals surface area contributed by atoms with Crippen LogP contribution in [-0.4, -0.2) is 19.8 Å². The van der Waals surface area contributed by atoms with E-state index >= 15 is 0 Å². The molecule has 2 aromatic carbocycles. The summed E-state index contributed by atoms with van der Waals surface area (Å²) >= 11 is 3.26. The van der Waals surface area contributed by atoms with Gasteiger partial charge in [-0.25, -0.2) is 8.42 Å². The van der Waals surface area contributed by atoms with Crippen LogP contribution in [-0.2, 0) is 16.6 Å². The van der Waals surface area contributed by atoms with Gasteiger partial charge in [0.15, 0.2) is 0 Å². The zero-order valence-electron chi connectivity index (χ0n) is 11.9. The third kappa shape index (κ3) is 3.64. The van der Waals surface area contributed by atoms with E-state index in [9.17, 15) is 8.42 Å². The second-order valence-electron chi connectivity index (χ2n) is 4.93. The summed E-state index contributed by atoms with van der Waals surface area (Å²) in [5.74, 6) is 0. The van der Waals surface area contributed by atoms with Crippen LogP contribution in [0.1, 0.15) is 11.1 Å². The molecule has 0 bridgehead atoms. The summed E-state index contributed by atoms with van der Waals surface area (Å²) < 4.78 is 27.0. The SMILES string of the molecule is Cc1cccc(CN(C)S(=O)(=O)c2ccc(N)c(Br)c2)c1. The lowest BCUT2D eigenvalue weighted by Crippen LogP contribution is -2.26. The van der Waals surface area contributed by atoms with E-state index in [4.69, 9.17) is 5.73 Å². The van der Waals surface area contributed by atoms with E-state index in [0.29, 0.717) is 16.7 Å². The van der Waals surface area contributed by atoms with Crippen molar-refractivity contribution in [1.82, 2.24) is 4.31 Å². The van der Waals surface area contributed by atoms with Crippen molar-refractivity contribution >= 4 is 31.6 Å². The first-order chi connectivity index (χ1) is 9.80. The standard InChI is InChI=1S/C15H17BrN2O2S/c1-11-4-3-5-12(8-11)10-18(2)21(19,20)13-6-7-15(17)14(16)9-13/h3-9H,10,17H2,1-2H3. The first-order valence-electron chi connectivity index (χ1n) is 6.37. The van der Waals surface area contributed by atoms with Crippen LogP contribution in [0, 0.1) is 6.92 Å². The minimum Gasteiger partial charge on any atom is -0.398 e. The molecule has 0 fully saturated rings. The van der Waals surface area contributed by atoms with E-state index in [-0.39, 0.29) is 4.90 Å². The van der Waals surface area contributed by atoms with Gasteiger partial charge in [-0.15, -0.1) is 0 Å². The molecule has 0 aliphatic heterocycles. The third-order valence-corrected chi connectivity index (χ3v) is 5.65. The highest BCUT2D eigenvalue weighted by Crippen LogP contribution is 2.25. The molecule has 0 heterocycles. The molecular weight excluding hydrogens is 352 g/mol. The first kappa shape index (κ1) is 16.0. The molecule has 0 spiro atoms. The van der Waals surface area contributed by atoms with Gasteiger partial charge in [0, 0.05) is 23.8 Å². The second kappa shape index (κ2) is 6.17. The predicted octanol–water partition coefficient (Wildman–Crippen LogP) is 3.16. The number of rotatable bonds is 4. The molecule has 0 saturated heterocycles. The summed E-state index contributed by atoms with van der Waals surface area (Å²) in [5, 5.41) is 0. The smallest absolute Gasteiger partial charge is 0.243 e. The fraction of sp³-hybridized carbons (Fsp3) is 0.200. The normalized spacial score (nSPS) is 11.8. The van der Waals surface area contributed by atoms with Crippen molar-refractivity contribution in [2.45, 2.75) is 18.4 Å². The zero-order chi connectivity index (χ0) is 15.6. The Balaban J connectivity index is 2.28. The van der Waals surface area contributed by atoms with E-state index in [1.807, 2.05) is 31.2 Å². The van der Waals surface area contributed by atoms with Crippen LogP contribution in [0.5, 0.6) is 0 Å². The largest absolute Gasteiger partial charge is 0.398 e. The second-order valence-corrected chi connectivity index (χ2v) is 7.83. The Bertz CT molecular complexity index is 760. The average Bonchev–Trinajstić information content (AvgIpc) is 2.41. The van der Waals surface area contributed by atoms with Crippen LogP contribution in [0.3, 0.4) is 0 Å². The van der Waals surface area contributed by atoms with E-state index in [0.717, 1.165) is 11.1 Å². The van der Waals surface area contributed by atoms with Gasteiger partial charge in [-0.2, -0.15) is 4.31 Å². The van der Waals surface area contributed by atoms with Crippen molar-refractivity contribution in [3.63, 3.8) is 0 Å². The Labute approximate surface area is 133 Å². The summed E-state index contributed by atoms with van der Waals surface area (Å²) in [6, 6.07) is 12.4. The summed E-state index contributed by atoms with van der Waals surface area (Å²) in [7, 11) is -1.97. The summed E-state index contributed by atoms with van der Waals surface area (Å²) in [6.45, 7) is 2.31. The van der Waals surface area contributed by atoms with Crippen molar-refractivity contribution in [1.29, 1.82) is 0 Å². The van der Waals surface area contributed by atoms with Gasteiger partial charge < -0.3 is 5.73 Å². The number of halogens is 1. The highest BCUT2D eigenvalue weighted by atomic mass is 79.9. The molecule has 112 valence electrons. The highest BCUT2D eigenvalue weighted by molar-refractivity contribution is 9.10. The molecule has 21 heavy (non-hydrogen) atoms. The lowest BCUT2D eigenvalue weighted by Gasteiger charge is -2.18. The van der Waals surface area contributed by atoms with Crippen molar-refractivity contribution in [2.24, 2.45) is 0 Å². The van der Waals surface area contributed by atoms with E-state index in [1.165, 1.54) is 16.4 Å². The molecular formula is C15H17BrN2O2S. The first-order valence-corrected chi connectivity index (χ1v) is 8.61. The lowest BCUT2D eigenvalue weighted by atomic mass is 10.1. The molecule has 2 N–H and O–H groups in total. The van der Waals surface area contributed by atoms with Crippen LogP contribution >= 0.6 is 15.9 Å². The van der Waals surface area contributed by atoms with Gasteiger partial charge in [0.2, 0.25) is 10.0 Å².